The number of amides is 2. The summed E-state index contributed by atoms with van der Waals surface area (Å²) in [6, 6.07) is -0.479. The van der Waals surface area contributed by atoms with E-state index in [0.717, 1.165) is 6.32 Å². The van der Waals surface area contributed by atoms with Crippen LogP contribution in [-0.2, 0) is 9.59 Å². The quantitative estimate of drug-likeness (QED) is 0.537. The number of rotatable bonds is 7. The molecule has 0 fully saturated rings. The van der Waals surface area contributed by atoms with Crippen molar-refractivity contribution in [2.24, 2.45) is 11.7 Å². The van der Waals surface area contributed by atoms with Crippen LogP contribution in [0, 0.1) is 5.92 Å². The first-order valence-electron chi connectivity index (χ1n) is 5.99. The first kappa shape index (κ1) is 16.0. The molecule has 0 rings (SSSR count). The highest BCUT2D eigenvalue weighted by molar-refractivity contribution is 6.33. The second-order valence-corrected chi connectivity index (χ2v) is 4.60. The van der Waals surface area contributed by atoms with Crippen LogP contribution in [0.1, 0.15) is 20.8 Å². The summed E-state index contributed by atoms with van der Waals surface area (Å²) in [6.45, 7) is 7.56. The van der Waals surface area contributed by atoms with E-state index in [0.29, 0.717) is 0 Å². The smallest absolute Gasteiger partial charge is 0.239 e. The summed E-state index contributed by atoms with van der Waals surface area (Å²) < 4.78 is 0. The van der Waals surface area contributed by atoms with Crippen molar-refractivity contribution in [1.82, 2.24) is 10.6 Å². The summed E-state index contributed by atoms with van der Waals surface area (Å²) >= 11 is 0. The fourth-order valence-corrected chi connectivity index (χ4v) is 1.33. The Morgan fingerprint density at radius 1 is 1.29 bits per heavy atom. The molecule has 0 aliphatic heterocycles. The third kappa shape index (κ3) is 6.99. The Kier molecular flexibility index (Phi) is 7.62. The maximum Gasteiger partial charge on any atom is 0.239 e. The van der Waals surface area contributed by atoms with E-state index in [1.54, 1.807) is 0 Å². The van der Waals surface area contributed by atoms with Gasteiger partial charge in [-0.25, -0.2) is 0 Å². The molecule has 0 aromatic carbocycles. The number of carbonyl (C=O) groups is 2. The van der Waals surface area contributed by atoms with Gasteiger partial charge in [0.15, 0.2) is 0 Å². The third-order valence-electron chi connectivity index (χ3n) is 2.44. The van der Waals surface area contributed by atoms with Crippen LogP contribution in [0.25, 0.3) is 0 Å². The van der Waals surface area contributed by atoms with Crippen LogP contribution < -0.4 is 16.4 Å². The topological polar surface area (TPSA) is 84.2 Å². The van der Waals surface area contributed by atoms with E-state index in [1.165, 1.54) is 0 Å². The van der Waals surface area contributed by atoms with Gasteiger partial charge >= 0.3 is 0 Å². The Morgan fingerprint density at radius 2 is 1.88 bits per heavy atom. The molecule has 4 N–H and O–H groups in total. The van der Waals surface area contributed by atoms with Gasteiger partial charge in [0.05, 0.1) is 12.6 Å². The van der Waals surface area contributed by atoms with Crippen molar-refractivity contribution >= 4 is 19.1 Å². The maximum atomic E-state index is 11.5. The number of nitrogens with one attached hydrogen (secondary N) is 2. The van der Waals surface area contributed by atoms with Gasteiger partial charge in [0.1, 0.15) is 7.28 Å². The van der Waals surface area contributed by atoms with Crippen molar-refractivity contribution in [3.8, 4) is 0 Å². The fourth-order valence-electron chi connectivity index (χ4n) is 1.33. The van der Waals surface area contributed by atoms with Crippen molar-refractivity contribution < 1.29 is 9.59 Å². The summed E-state index contributed by atoms with van der Waals surface area (Å²) in [6.07, 6.45) is 0.811. The van der Waals surface area contributed by atoms with Crippen LogP contribution in [-0.4, -0.2) is 37.7 Å². The van der Waals surface area contributed by atoms with E-state index in [2.05, 4.69) is 10.6 Å². The molecule has 0 aliphatic carbocycles. The van der Waals surface area contributed by atoms with E-state index < -0.39 is 6.04 Å². The fraction of sp³-hybridized carbons (Fsp3) is 0.818. The van der Waals surface area contributed by atoms with Gasteiger partial charge in [-0.15, -0.1) is 0 Å². The average Bonchev–Trinajstić information content (AvgIpc) is 2.24. The van der Waals surface area contributed by atoms with E-state index in [4.69, 9.17) is 5.73 Å². The zero-order valence-corrected chi connectivity index (χ0v) is 11.1. The van der Waals surface area contributed by atoms with E-state index in [-0.39, 0.29) is 30.3 Å². The maximum absolute atomic E-state index is 11.5. The molecule has 0 aliphatic rings. The lowest BCUT2D eigenvalue weighted by Gasteiger charge is -2.16. The lowest BCUT2D eigenvalue weighted by atomic mass is 9.75. The molecule has 97 valence electrons. The molecule has 0 saturated heterocycles. The highest BCUT2D eigenvalue weighted by atomic mass is 16.2. The first-order valence-corrected chi connectivity index (χ1v) is 5.99. The van der Waals surface area contributed by atoms with E-state index >= 15 is 0 Å². The normalized spacial score (nSPS) is 14.0. The molecule has 0 saturated carbocycles. The molecule has 2 unspecified atom stereocenters. The predicted molar refractivity (Wildman–Crippen MR) is 69.9 cm³/mol. The lowest BCUT2D eigenvalue weighted by molar-refractivity contribution is -0.127. The number of nitrogens with two attached hydrogens (primary N) is 1. The summed E-state index contributed by atoms with van der Waals surface area (Å²) in [5.41, 5.74) is 5.65. The molecule has 0 aromatic rings. The van der Waals surface area contributed by atoms with Gasteiger partial charge in [0.2, 0.25) is 11.8 Å². The molecule has 5 nitrogen and oxygen atoms in total. The summed E-state index contributed by atoms with van der Waals surface area (Å²) in [7, 11) is 1.98. The van der Waals surface area contributed by atoms with E-state index in [1.807, 2.05) is 34.9 Å². The van der Waals surface area contributed by atoms with Gasteiger partial charge in [0, 0.05) is 6.04 Å². The molecule has 6 heteroatoms. The summed E-state index contributed by atoms with van der Waals surface area (Å²) in [4.78, 5) is 22.9. The molecule has 2 atom stereocenters. The standard InChI is InChI=1S/C11H23BN3O2/c1-7(2)10(13)11(17)14-6-9(16)15-8(3)5-12-4/h7-8,10H,5-6,13H2,1-4H3,(H,14,17)(H,15,16). The molecule has 17 heavy (non-hydrogen) atoms. The van der Waals surface area contributed by atoms with Gasteiger partial charge in [-0.3, -0.25) is 9.59 Å². The molecule has 0 bridgehead atoms. The predicted octanol–water partition coefficient (Wildman–Crippen LogP) is -0.239. The summed E-state index contributed by atoms with van der Waals surface area (Å²) in [5.74, 6) is -0.416. The van der Waals surface area contributed by atoms with Crippen molar-refractivity contribution in [2.45, 2.75) is 46.0 Å². The SMILES string of the molecule is C[B]CC(C)NC(=O)CNC(=O)C(N)C(C)C. The van der Waals surface area contributed by atoms with E-state index in [9.17, 15) is 9.59 Å². The average molecular weight is 240 g/mol. The first-order chi connectivity index (χ1) is 7.88. The number of hydrogen-bond acceptors (Lipinski definition) is 3. The van der Waals surface area contributed by atoms with Gasteiger partial charge < -0.3 is 16.4 Å². The Bertz CT molecular complexity index is 259. The van der Waals surface area contributed by atoms with Crippen LogP contribution in [0.2, 0.25) is 13.1 Å². The van der Waals surface area contributed by atoms with Gasteiger partial charge in [-0.1, -0.05) is 27.0 Å². The highest BCUT2D eigenvalue weighted by Crippen LogP contribution is 1.97. The minimum absolute atomic E-state index is 0.0205. The van der Waals surface area contributed by atoms with Gasteiger partial charge in [-0.05, 0) is 12.8 Å². The van der Waals surface area contributed by atoms with Crippen molar-refractivity contribution in [3.05, 3.63) is 0 Å². The molecule has 1 radical (unpaired) electrons. The molecule has 0 aromatic heterocycles. The third-order valence-corrected chi connectivity index (χ3v) is 2.44. The summed E-state index contributed by atoms with van der Waals surface area (Å²) in [5, 5.41) is 5.30. The Morgan fingerprint density at radius 3 is 2.35 bits per heavy atom. The number of carbonyl (C=O) groups excluding carboxylic acids is 2. The molecule has 0 heterocycles. The molecule has 0 spiro atoms. The van der Waals surface area contributed by atoms with Crippen LogP contribution in [0.5, 0.6) is 0 Å². The molecular formula is C11H23BN3O2. The van der Waals surface area contributed by atoms with Crippen molar-refractivity contribution in [1.29, 1.82) is 0 Å². The second-order valence-electron chi connectivity index (χ2n) is 4.60. The van der Waals surface area contributed by atoms with Crippen LogP contribution >= 0.6 is 0 Å². The van der Waals surface area contributed by atoms with Crippen LogP contribution in [0.15, 0.2) is 0 Å². The zero-order valence-electron chi connectivity index (χ0n) is 11.1. The largest absolute Gasteiger partial charge is 0.353 e. The Labute approximate surface area is 104 Å². The van der Waals surface area contributed by atoms with Crippen LogP contribution in [0.4, 0.5) is 0 Å². The Hall–Kier alpha value is -1.04. The number of hydrogen-bond donors (Lipinski definition) is 3. The van der Waals surface area contributed by atoms with Gasteiger partial charge in [0.25, 0.3) is 0 Å². The Balaban J connectivity index is 3.88. The monoisotopic (exact) mass is 240 g/mol. The lowest BCUT2D eigenvalue weighted by Crippen LogP contribution is -2.48. The zero-order chi connectivity index (χ0) is 13.4. The minimum Gasteiger partial charge on any atom is -0.353 e. The minimum atomic E-state index is -0.566. The highest BCUT2D eigenvalue weighted by Gasteiger charge is 2.17. The molecular weight excluding hydrogens is 217 g/mol. The van der Waals surface area contributed by atoms with Crippen LogP contribution in [0.3, 0.4) is 0 Å². The van der Waals surface area contributed by atoms with Crippen molar-refractivity contribution in [3.63, 3.8) is 0 Å². The molecule has 2 amide bonds. The van der Waals surface area contributed by atoms with Gasteiger partial charge in [-0.2, -0.15) is 0 Å². The second kappa shape index (κ2) is 8.11. The van der Waals surface area contributed by atoms with Crippen molar-refractivity contribution in [2.75, 3.05) is 6.54 Å².